The Bertz CT molecular complexity index is 380. The van der Waals surface area contributed by atoms with Crippen molar-refractivity contribution in [2.75, 3.05) is 13.6 Å². The number of benzene rings is 1. The molecule has 0 saturated heterocycles. The van der Waals surface area contributed by atoms with Gasteiger partial charge in [0.2, 0.25) is 0 Å². The Morgan fingerprint density at radius 3 is 2.80 bits per heavy atom. The topological polar surface area (TPSA) is 12.0 Å². The fraction of sp³-hybridized carbons (Fsp3) is 0.500. The number of likely N-dealkylation sites (N-methyl/N-ethyl adjacent to an activating group) is 1. The van der Waals surface area contributed by atoms with E-state index >= 15 is 0 Å². The van der Waals surface area contributed by atoms with Gasteiger partial charge in [0, 0.05) is 12.0 Å². The summed E-state index contributed by atoms with van der Waals surface area (Å²) in [6, 6.07) is 5.27. The minimum atomic E-state index is -0.251. The summed E-state index contributed by atoms with van der Waals surface area (Å²) in [5.41, 5.74) is 0.723. The van der Waals surface area contributed by atoms with E-state index in [1.807, 2.05) is 19.2 Å². The summed E-state index contributed by atoms with van der Waals surface area (Å²) in [5.74, 6) is 0.275. The summed E-state index contributed by atoms with van der Waals surface area (Å²) in [6.45, 7) is 2.96. The third-order valence-electron chi connectivity index (χ3n) is 3.43. The molecule has 1 aromatic rings. The fourth-order valence-corrected chi connectivity index (χ4v) is 2.58. The van der Waals surface area contributed by atoms with Gasteiger partial charge in [-0.15, -0.1) is 0 Å². The van der Waals surface area contributed by atoms with Gasteiger partial charge in [0.1, 0.15) is 5.82 Å². The lowest BCUT2D eigenvalue weighted by molar-refractivity contribution is 0.528. The number of hydrogen-bond donors (Lipinski definition) is 1. The molecule has 2 unspecified atom stereocenters. The number of rotatable bonds is 3. The van der Waals surface area contributed by atoms with Crippen molar-refractivity contribution >= 4 is 11.6 Å². The van der Waals surface area contributed by atoms with E-state index in [-0.39, 0.29) is 16.3 Å². The van der Waals surface area contributed by atoms with Crippen LogP contribution in [0.3, 0.4) is 0 Å². The highest BCUT2D eigenvalue weighted by atomic mass is 35.5. The maximum Gasteiger partial charge on any atom is 0.145 e. The van der Waals surface area contributed by atoms with Gasteiger partial charge in [-0.25, -0.2) is 4.39 Å². The highest BCUT2D eigenvalue weighted by Gasteiger charge is 2.53. The van der Waals surface area contributed by atoms with Crippen molar-refractivity contribution in [1.82, 2.24) is 5.32 Å². The molecule has 1 aromatic carbocycles. The van der Waals surface area contributed by atoms with Crippen LogP contribution >= 0.6 is 11.6 Å². The van der Waals surface area contributed by atoms with Crippen molar-refractivity contribution in [3.05, 3.63) is 34.6 Å². The number of nitrogens with one attached hydrogen (secondary N) is 1. The lowest BCUT2D eigenvalue weighted by Crippen LogP contribution is -2.26. The third kappa shape index (κ3) is 1.66. The predicted octanol–water partition coefficient (Wildman–Crippen LogP) is 2.98. The van der Waals surface area contributed by atoms with Gasteiger partial charge in [0.25, 0.3) is 0 Å². The Balaban J connectivity index is 2.40. The van der Waals surface area contributed by atoms with E-state index in [9.17, 15) is 4.39 Å². The van der Waals surface area contributed by atoms with Crippen molar-refractivity contribution in [2.45, 2.75) is 18.8 Å². The van der Waals surface area contributed by atoms with Gasteiger partial charge in [-0.2, -0.15) is 0 Å². The van der Waals surface area contributed by atoms with Crippen LogP contribution in [-0.2, 0) is 5.41 Å². The van der Waals surface area contributed by atoms with Gasteiger partial charge in [-0.3, -0.25) is 0 Å². The predicted molar refractivity (Wildman–Crippen MR) is 60.8 cm³/mol. The van der Waals surface area contributed by atoms with Crippen molar-refractivity contribution in [3.63, 3.8) is 0 Å². The first-order valence-corrected chi connectivity index (χ1v) is 5.58. The summed E-state index contributed by atoms with van der Waals surface area (Å²) in [6.07, 6.45) is 1.03. The van der Waals surface area contributed by atoms with Gasteiger partial charge >= 0.3 is 0 Å². The first-order chi connectivity index (χ1) is 7.12. The zero-order valence-electron chi connectivity index (χ0n) is 8.98. The zero-order valence-corrected chi connectivity index (χ0v) is 9.74. The molecule has 82 valence electrons. The lowest BCUT2D eigenvalue weighted by Gasteiger charge is -2.18. The molecule has 0 aliphatic heterocycles. The summed E-state index contributed by atoms with van der Waals surface area (Å²) in [4.78, 5) is 0. The second-order valence-electron chi connectivity index (χ2n) is 4.39. The van der Waals surface area contributed by atoms with E-state index in [0.717, 1.165) is 18.5 Å². The summed E-state index contributed by atoms with van der Waals surface area (Å²) < 4.78 is 13.9. The molecule has 2 rings (SSSR count). The SMILES string of the molecule is CNCC1(c2cccc(Cl)c2F)CC1C. The van der Waals surface area contributed by atoms with Crippen LogP contribution in [0, 0.1) is 11.7 Å². The van der Waals surface area contributed by atoms with Crippen LogP contribution in [0.4, 0.5) is 4.39 Å². The van der Waals surface area contributed by atoms with Crippen LogP contribution in [0.15, 0.2) is 18.2 Å². The van der Waals surface area contributed by atoms with E-state index in [1.54, 1.807) is 6.07 Å². The van der Waals surface area contributed by atoms with Crippen LogP contribution in [-0.4, -0.2) is 13.6 Å². The fourth-order valence-electron chi connectivity index (χ4n) is 2.41. The van der Waals surface area contributed by atoms with Gasteiger partial charge in [-0.1, -0.05) is 30.7 Å². The van der Waals surface area contributed by atoms with Gasteiger partial charge in [-0.05, 0) is 31.0 Å². The molecule has 1 saturated carbocycles. The van der Waals surface area contributed by atoms with E-state index in [0.29, 0.717) is 5.92 Å². The van der Waals surface area contributed by atoms with E-state index in [4.69, 9.17) is 11.6 Å². The molecular formula is C12H15ClFN. The molecule has 1 nitrogen and oxygen atoms in total. The summed E-state index contributed by atoms with van der Waals surface area (Å²) in [7, 11) is 1.90. The average Bonchev–Trinajstić information content (AvgIpc) is 2.83. The van der Waals surface area contributed by atoms with Gasteiger partial charge in [0.15, 0.2) is 0 Å². The molecule has 1 fully saturated rings. The zero-order chi connectivity index (χ0) is 11.1. The smallest absolute Gasteiger partial charge is 0.145 e. The van der Waals surface area contributed by atoms with E-state index in [2.05, 4.69) is 12.2 Å². The van der Waals surface area contributed by atoms with Gasteiger partial charge < -0.3 is 5.32 Å². The summed E-state index contributed by atoms with van der Waals surface area (Å²) >= 11 is 5.80. The maximum atomic E-state index is 13.9. The Labute approximate surface area is 94.6 Å². The average molecular weight is 228 g/mol. The molecule has 3 heteroatoms. The molecule has 15 heavy (non-hydrogen) atoms. The second kappa shape index (κ2) is 3.76. The first kappa shape index (κ1) is 10.9. The molecular weight excluding hydrogens is 213 g/mol. The Hall–Kier alpha value is -0.600. The van der Waals surface area contributed by atoms with Crippen LogP contribution < -0.4 is 5.32 Å². The quantitative estimate of drug-likeness (QED) is 0.837. The molecule has 0 amide bonds. The van der Waals surface area contributed by atoms with Crippen LogP contribution in [0.25, 0.3) is 0 Å². The molecule has 0 bridgehead atoms. The Kier molecular flexibility index (Phi) is 2.73. The lowest BCUT2D eigenvalue weighted by atomic mass is 9.93. The van der Waals surface area contributed by atoms with Crippen molar-refractivity contribution in [1.29, 1.82) is 0 Å². The Morgan fingerprint density at radius 2 is 2.27 bits per heavy atom. The standard InChI is InChI=1S/C12H15ClFN/c1-8-6-12(8,7-15-2)9-4-3-5-10(13)11(9)14/h3-5,8,15H,6-7H2,1-2H3. The van der Waals surface area contributed by atoms with Crippen LogP contribution in [0.1, 0.15) is 18.9 Å². The minimum absolute atomic E-state index is 0.0380. The van der Waals surface area contributed by atoms with Gasteiger partial charge in [0.05, 0.1) is 5.02 Å². The van der Waals surface area contributed by atoms with E-state index in [1.165, 1.54) is 0 Å². The molecule has 1 aliphatic carbocycles. The van der Waals surface area contributed by atoms with Crippen LogP contribution in [0.2, 0.25) is 5.02 Å². The molecule has 2 atom stereocenters. The number of hydrogen-bond acceptors (Lipinski definition) is 1. The number of halogens is 2. The monoisotopic (exact) mass is 227 g/mol. The third-order valence-corrected chi connectivity index (χ3v) is 3.73. The highest BCUT2D eigenvalue weighted by Crippen LogP contribution is 2.54. The normalized spacial score (nSPS) is 29.2. The highest BCUT2D eigenvalue weighted by molar-refractivity contribution is 6.30. The van der Waals surface area contributed by atoms with Crippen LogP contribution in [0.5, 0.6) is 0 Å². The first-order valence-electron chi connectivity index (χ1n) is 5.21. The molecule has 0 heterocycles. The van der Waals surface area contributed by atoms with E-state index < -0.39 is 0 Å². The summed E-state index contributed by atoms with van der Waals surface area (Å²) in [5, 5.41) is 3.36. The molecule has 1 aliphatic rings. The maximum absolute atomic E-state index is 13.9. The molecule has 1 N–H and O–H groups in total. The Morgan fingerprint density at radius 1 is 1.60 bits per heavy atom. The van der Waals surface area contributed by atoms with Crippen molar-refractivity contribution < 1.29 is 4.39 Å². The van der Waals surface area contributed by atoms with Crippen molar-refractivity contribution in [3.8, 4) is 0 Å². The van der Waals surface area contributed by atoms with Crippen molar-refractivity contribution in [2.24, 2.45) is 5.92 Å². The molecule has 0 spiro atoms. The minimum Gasteiger partial charge on any atom is -0.319 e. The largest absolute Gasteiger partial charge is 0.319 e. The molecule has 0 aromatic heterocycles. The molecule has 0 radical (unpaired) electrons. The second-order valence-corrected chi connectivity index (χ2v) is 4.80.